The second-order valence-electron chi connectivity index (χ2n) is 10.3. The highest BCUT2D eigenvalue weighted by atomic mass is 19.1. The van der Waals surface area contributed by atoms with Crippen molar-refractivity contribution in [1.82, 2.24) is 10.2 Å². The molecule has 4 nitrogen and oxygen atoms in total. The van der Waals surface area contributed by atoms with Gasteiger partial charge in [-0.1, -0.05) is 71.8 Å². The Bertz CT molecular complexity index is 1130. The zero-order valence-electron chi connectivity index (χ0n) is 21.3. The Morgan fingerprint density at radius 1 is 0.857 bits per heavy atom. The van der Waals surface area contributed by atoms with E-state index in [1.54, 1.807) is 17.0 Å². The van der Waals surface area contributed by atoms with Crippen LogP contribution >= 0.6 is 0 Å². The van der Waals surface area contributed by atoms with E-state index in [2.05, 4.69) is 11.4 Å². The molecule has 0 bridgehead atoms. The molecule has 0 aromatic heterocycles. The highest BCUT2D eigenvalue weighted by molar-refractivity contribution is 5.89. The Labute approximate surface area is 208 Å². The molecule has 184 valence electrons. The van der Waals surface area contributed by atoms with Gasteiger partial charge in [0, 0.05) is 18.5 Å². The minimum absolute atomic E-state index is 0.149. The van der Waals surface area contributed by atoms with Crippen molar-refractivity contribution in [2.24, 2.45) is 0 Å². The maximum atomic E-state index is 13.8. The number of carbonyl (C=O) groups excluding carboxylic acids is 2. The number of hydrogen-bond acceptors (Lipinski definition) is 2. The number of halogens is 1. The monoisotopic (exact) mass is 474 g/mol. The topological polar surface area (TPSA) is 49.4 Å². The summed E-state index contributed by atoms with van der Waals surface area (Å²) >= 11 is 0. The lowest BCUT2D eigenvalue weighted by Crippen LogP contribution is -2.54. The molecular weight excluding hydrogens is 439 g/mol. The van der Waals surface area contributed by atoms with Crippen LogP contribution in [0.1, 0.15) is 48.6 Å². The van der Waals surface area contributed by atoms with Gasteiger partial charge in [0.05, 0.1) is 6.42 Å². The molecule has 0 saturated heterocycles. The van der Waals surface area contributed by atoms with Gasteiger partial charge in [0.15, 0.2) is 0 Å². The van der Waals surface area contributed by atoms with Crippen LogP contribution < -0.4 is 5.32 Å². The van der Waals surface area contributed by atoms with Crippen LogP contribution in [-0.4, -0.2) is 28.3 Å². The molecular formula is C30H35FN2O2. The highest BCUT2D eigenvalue weighted by Crippen LogP contribution is 2.19. The van der Waals surface area contributed by atoms with Gasteiger partial charge in [-0.15, -0.1) is 0 Å². The van der Waals surface area contributed by atoms with Crippen LogP contribution in [0.3, 0.4) is 0 Å². The smallest absolute Gasteiger partial charge is 0.243 e. The SMILES string of the molecule is Cc1cc(C)cc(CC(=O)N(Cc2ccc(F)cc2)[C@@H](Cc2ccccc2)C(=O)NC(C)(C)C)c1. The zero-order valence-corrected chi connectivity index (χ0v) is 21.3. The van der Waals surface area contributed by atoms with E-state index >= 15 is 0 Å². The number of amides is 2. The quantitative estimate of drug-likeness (QED) is 0.466. The van der Waals surface area contributed by atoms with Crippen LogP contribution in [0.4, 0.5) is 4.39 Å². The van der Waals surface area contributed by atoms with Crippen molar-refractivity contribution in [3.8, 4) is 0 Å². The molecule has 0 spiro atoms. The third-order valence-corrected chi connectivity index (χ3v) is 5.67. The zero-order chi connectivity index (χ0) is 25.6. The largest absolute Gasteiger partial charge is 0.350 e. The van der Waals surface area contributed by atoms with E-state index in [9.17, 15) is 14.0 Å². The van der Waals surface area contributed by atoms with E-state index in [4.69, 9.17) is 0 Å². The van der Waals surface area contributed by atoms with Crippen molar-refractivity contribution in [3.05, 3.63) is 106 Å². The second-order valence-corrected chi connectivity index (χ2v) is 10.3. The van der Waals surface area contributed by atoms with Crippen LogP contribution in [0, 0.1) is 19.7 Å². The molecule has 0 aliphatic heterocycles. The summed E-state index contributed by atoms with van der Waals surface area (Å²) in [4.78, 5) is 29.0. The Balaban J connectivity index is 2.00. The molecule has 0 fully saturated rings. The molecule has 0 aliphatic carbocycles. The first-order valence-corrected chi connectivity index (χ1v) is 12.0. The molecule has 1 atom stereocenters. The van der Waals surface area contributed by atoms with E-state index in [-0.39, 0.29) is 30.6 Å². The summed E-state index contributed by atoms with van der Waals surface area (Å²) < 4.78 is 13.6. The van der Waals surface area contributed by atoms with E-state index in [0.717, 1.165) is 27.8 Å². The third kappa shape index (κ3) is 8.06. The molecule has 3 aromatic carbocycles. The fourth-order valence-corrected chi connectivity index (χ4v) is 4.24. The lowest BCUT2D eigenvalue weighted by molar-refractivity contribution is -0.141. The van der Waals surface area contributed by atoms with Gasteiger partial charge in [0.25, 0.3) is 0 Å². The molecule has 2 amide bonds. The van der Waals surface area contributed by atoms with Crippen LogP contribution in [0.25, 0.3) is 0 Å². The van der Waals surface area contributed by atoms with Crippen LogP contribution in [0.2, 0.25) is 0 Å². The van der Waals surface area contributed by atoms with Crippen molar-refractivity contribution < 1.29 is 14.0 Å². The summed E-state index contributed by atoms with van der Waals surface area (Å²) in [5.74, 6) is -0.699. The summed E-state index contributed by atoms with van der Waals surface area (Å²) in [6.45, 7) is 9.99. The van der Waals surface area contributed by atoms with Crippen molar-refractivity contribution in [3.63, 3.8) is 0 Å². The highest BCUT2D eigenvalue weighted by Gasteiger charge is 2.32. The van der Waals surface area contributed by atoms with Gasteiger partial charge in [0.2, 0.25) is 11.8 Å². The standard InChI is InChI=1S/C30H35FN2O2/c1-21-15-22(2)17-25(16-21)19-28(34)33(20-24-11-13-26(31)14-12-24)27(29(35)32-30(3,4)5)18-23-9-7-6-8-10-23/h6-17,27H,18-20H2,1-5H3,(H,32,35)/t27-/m0/s1. The Morgan fingerprint density at radius 2 is 1.46 bits per heavy atom. The van der Waals surface area contributed by atoms with E-state index in [1.165, 1.54) is 12.1 Å². The first kappa shape index (κ1) is 26.1. The van der Waals surface area contributed by atoms with Gasteiger partial charge < -0.3 is 10.2 Å². The molecule has 5 heteroatoms. The van der Waals surface area contributed by atoms with E-state index in [0.29, 0.717) is 6.42 Å². The number of carbonyl (C=O) groups is 2. The van der Waals surface area contributed by atoms with E-state index < -0.39 is 11.6 Å². The van der Waals surface area contributed by atoms with Gasteiger partial charge in [-0.3, -0.25) is 9.59 Å². The summed E-state index contributed by atoms with van der Waals surface area (Å²) in [7, 11) is 0. The fraction of sp³-hybridized carbons (Fsp3) is 0.333. The number of aryl methyl sites for hydroxylation is 2. The summed E-state index contributed by atoms with van der Waals surface area (Å²) in [6.07, 6.45) is 0.556. The van der Waals surface area contributed by atoms with Gasteiger partial charge in [0.1, 0.15) is 11.9 Å². The fourth-order valence-electron chi connectivity index (χ4n) is 4.24. The summed E-state index contributed by atoms with van der Waals surface area (Å²) in [5, 5.41) is 3.06. The van der Waals surface area contributed by atoms with Crippen LogP contribution in [0.15, 0.2) is 72.8 Å². The maximum absolute atomic E-state index is 13.8. The lowest BCUT2D eigenvalue weighted by Gasteiger charge is -2.34. The summed E-state index contributed by atoms with van der Waals surface area (Å²) in [5.41, 5.74) is 4.36. The predicted molar refractivity (Wildman–Crippen MR) is 138 cm³/mol. The molecule has 0 unspecified atom stereocenters. The van der Waals surface area contributed by atoms with Crippen LogP contribution in [0.5, 0.6) is 0 Å². The molecule has 0 heterocycles. The number of benzene rings is 3. The van der Waals surface area contributed by atoms with Crippen LogP contribution in [-0.2, 0) is 29.0 Å². The molecule has 35 heavy (non-hydrogen) atoms. The van der Waals surface area contributed by atoms with Crippen molar-refractivity contribution in [1.29, 1.82) is 0 Å². The third-order valence-electron chi connectivity index (χ3n) is 5.67. The van der Waals surface area contributed by atoms with Gasteiger partial charge in [-0.25, -0.2) is 4.39 Å². The number of rotatable bonds is 8. The number of hydrogen-bond donors (Lipinski definition) is 1. The Morgan fingerprint density at radius 3 is 2.03 bits per heavy atom. The molecule has 1 N–H and O–H groups in total. The molecule has 3 aromatic rings. The van der Waals surface area contributed by atoms with Gasteiger partial charge >= 0.3 is 0 Å². The average molecular weight is 475 g/mol. The van der Waals surface area contributed by atoms with Gasteiger partial charge in [-0.05, 0) is 63.4 Å². The predicted octanol–water partition coefficient (Wildman–Crippen LogP) is 5.54. The summed E-state index contributed by atoms with van der Waals surface area (Å²) in [6, 6.07) is 21.1. The molecule has 3 rings (SSSR count). The van der Waals surface area contributed by atoms with Crippen molar-refractivity contribution in [2.45, 2.75) is 65.6 Å². The average Bonchev–Trinajstić information content (AvgIpc) is 2.76. The minimum atomic E-state index is -0.722. The molecule has 0 radical (unpaired) electrons. The van der Waals surface area contributed by atoms with Crippen molar-refractivity contribution in [2.75, 3.05) is 0 Å². The van der Waals surface area contributed by atoms with Crippen molar-refractivity contribution >= 4 is 11.8 Å². The number of nitrogens with zero attached hydrogens (tertiary/aromatic N) is 1. The second kappa shape index (κ2) is 11.3. The molecule has 0 aliphatic rings. The normalized spacial score (nSPS) is 12.2. The Hall–Kier alpha value is -3.47. The maximum Gasteiger partial charge on any atom is 0.243 e. The van der Waals surface area contributed by atoms with E-state index in [1.807, 2.05) is 77.1 Å². The Kier molecular flexibility index (Phi) is 8.44. The molecule has 0 saturated carbocycles. The first-order chi connectivity index (χ1) is 16.5. The minimum Gasteiger partial charge on any atom is -0.350 e. The number of nitrogens with one attached hydrogen (secondary N) is 1. The lowest BCUT2D eigenvalue weighted by atomic mass is 9.99. The first-order valence-electron chi connectivity index (χ1n) is 12.0. The van der Waals surface area contributed by atoms with Gasteiger partial charge in [-0.2, -0.15) is 0 Å².